The summed E-state index contributed by atoms with van der Waals surface area (Å²) in [6.07, 6.45) is 3.42. The zero-order chi connectivity index (χ0) is 18.9. The topological polar surface area (TPSA) is 82.2 Å². The Bertz CT molecular complexity index is 1030. The fourth-order valence-corrected chi connectivity index (χ4v) is 4.59. The van der Waals surface area contributed by atoms with Crippen LogP contribution in [0.4, 0.5) is 10.2 Å². The first kappa shape index (κ1) is 17.6. The second-order valence-electron chi connectivity index (χ2n) is 6.20. The van der Waals surface area contributed by atoms with E-state index in [-0.39, 0.29) is 18.0 Å². The van der Waals surface area contributed by atoms with Crippen LogP contribution in [0.15, 0.2) is 59.8 Å². The van der Waals surface area contributed by atoms with Crippen molar-refractivity contribution in [2.45, 2.75) is 4.90 Å². The summed E-state index contributed by atoms with van der Waals surface area (Å²) in [6.45, 7) is 1.50. The van der Waals surface area contributed by atoms with Crippen LogP contribution in [0.1, 0.15) is 0 Å². The maximum atomic E-state index is 13.9. The van der Waals surface area contributed by atoms with Crippen LogP contribution in [0.5, 0.6) is 0 Å². The highest BCUT2D eigenvalue weighted by Gasteiger charge is 2.31. The number of aromatic amines is 1. The van der Waals surface area contributed by atoms with Crippen LogP contribution < -0.4 is 4.90 Å². The quantitative estimate of drug-likeness (QED) is 0.742. The van der Waals surface area contributed by atoms with Gasteiger partial charge in [-0.2, -0.15) is 9.40 Å². The van der Waals surface area contributed by atoms with Gasteiger partial charge in [0.2, 0.25) is 10.0 Å². The molecule has 3 heterocycles. The summed E-state index contributed by atoms with van der Waals surface area (Å²) in [5, 5.41) is 7.32. The third kappa shape index (κ3) is 3.43. The summed E-state index contributed by atoms with van der Waals surface area (Å²) in [7, 11) is -3.84. The minimum Gasteiger partial charge on any atom is -0.352 e. The molecule has 2 aromatic heterocycles. The fourth-order valence-electron chi connectivity index (χ4n) is 3.10. The van der Waals surface area contributed by atoms with Crippen LogP contribution in [-0.2, 0) is 10.0 Å². The Morgan fingerprint density at radius 3 is 2.41 bits per heavy atom. The third-order valence-corrected chi connectivity index (χ3v) is 6.50. The van der Waals surface area contributed by atoms with E-state index in [1.807, 2.05) is 23.1 Å². The molecule has 0 aliphatic carbocycles. The molecule has 0 atom stereocenters. The van der Waals surface area contributed by atoms with Gasteiger partial charge in [0.25, 0.3) is 0 Å². The van der Waals surface area contributed by atoms with E-state index in [4.69, 9.17) is 0 Å². The zero-order valence-electron chi connectivity index (χ0n) is 14.4. The summed E-state index contributed by atoms with van der Waals surface area (Å²) in [5.41, 5.74) is 1.85. The van der Waals surface area contributed by atoms with Gasteiger partial charge in [-0.1, -0.05) is 12.1 Å². The number of hydrogen-bond donors (Lipinski definition) is 1. The first-order valence-electron chi connectivity index (χ1n) is 8.51. The van der Waals surface area contributed by atoms with Crippen LogP contribution in [0.25, 0.3) is 11.3 Å². The van der Waals surface area contributed by atoms with Crippen LogP contribution in [0, 0.1) is 5.82 Å². The molecule has 1 saturated heterocycles. The predicted octanol–water partition coefficient (Wildman–Crippen LogP) is 2.12. The number of hydrogen-bond acceptors (Lipinski definition) is 5. The van der Waals surface area contributed by atoms with Crippen LogP contribution in [-0.4, -0.2) is 54.1 Å². The van der Waals surface area contributed by atoms with E-state index in [1.165, 1.54) is 22.5 Å². The average Bonchev–Trinajstić information content (AvgIpc) is 3.19. The number of halogens is 1. The van der Waals surface area contributed by atoms with E-state index in [1.54, 1.807) is 12.4 Å². The van der Waals surface area contributed by atoms with Gasteiger partial charge in [-0.15, -0.1) is 0 Å². The van der Waals surface area contributed by atoms with Gasteiger partial charge in [-0.25, -0.2) is 12.8 Å². The number of nitrogens with one attached hydrogen (secondary N) is 1. The molecule has 1 aromatic carbocycles. The van der Waals surface area contributed by atoms with Crippen molar-refractivity contribution in [3.63, 3.8) is 0 Å². The second kappa shape index (κ2) is 7.09. The highest BCUT2D eigenvalue weighted by Crippen LogP contribution is 2.24. The molecule has 140 valence electrons. The first-order valence-corrected chi connectivity index (χ1v) is 9.95. The number of piperazine rings is 1. The Labute approximate surface area is 156 Å². The highest BCUT2D eigenvalue weighted by atomic mass is 32.2. The number of nitrogens with zero attached hydrogens (tertiary/aromatic N) is 4. The van der Waals surface area contributed by atoms with Crippen molar-refractivity contribution in [2.24, 2.45) is 0 Å². The lowest BCUT2D eigenvalue weighted by atomic mass is 10.2. The average molecular weight is 387 g/mol. The van der Waals surface area contributed by atoms with Gasteiger partial charge >= 0.3 is 0 Å². The van der Waals surface area contributed by atoms with Gasteiger partial charge in [0, 0.05) is 50.2 Å². The van der Waals surface area contributed by atoms with Crippen molar-refractivity contribution in [1.82, 2.24) is 19.5 Å². The molecule has 0 radical (unpaired) electrons. The monoisotopic (exact) mass is 387 g/mol. The molecule has 7 nitrogen and oxygen atoms in total. The Hall–Kier alpha value is -2.78. The molecule has 27 heavy (non-hydrogen) atoms. The number of anilines is 1. The molecule has 0 bridgehead atoms. The second-order valence-corrected chi connectivity index (χ2v) is 8.10. The maximum absolute atomic E-state index is 13.9. The lowest BCUT2D eigenvalue weighted by molar-refractivity contribution is 0.381. The van der Waals surface area contributed by atoms with Gasteiger partial charge in [-0.3, -0.25) is 10.1 Å². The number of H-pyrrole nitrogens is 1. The molecule has 1 aliphatic heterocycles. The molecule has 0 unspecified atom stereocenters. The zero-order valence-corrected chi connectivity index (χ0v) is 15.2. The Kier molecular flexibility index (Phi) is 4.63. The summed E-state index contributed by atoms with van der Waals surface area (Å²) in [6, 6.07) is 11.2. The van der Waals surface area contributed by atoms with E-state index < -0.39 is 15.8 Å². The number of sulfonamides is 1. The number of rotatable bonds is 4. The van der Waals surface area contributed by atoms with Crippen LogP contribution >= 0.6 is 0 Å². The van der Waals surface area contributed by atoms with Gasteiger partial charge in [0.05, 0.1) is 5.69 Å². The third-order valence-electron chi connectivity index (χ3n) is 4.57. The fraction of sp³-hybridized carbons (Fsp3) is 0.222. The van der Waals surface area contributed by atoms with E-state index >= 15 is 0 Å². The Morgan fingerprint density at radius 2 is 1.70 bits per heavy atom. The van der Waals surface area contributed by atoms with Crippen molar-refractivity contribution in [2.75, 3.05) is 31.1 Å². The van der Waals surface area contributed by atoms with Gasteiger partial charge in [0.15, 0.2) is 5.82 Å². The smallest absolute Gasteiger partial charge is 0.246 e. The molecule has 0 spiro atoms. The van der Waals surface area contributed by atoms with Crippen molar-refractivity contribution >= 4 is 15.8 Å². The molecule has 1 aliphatic rings. The summed E-state index contributed by atoms with van der Waals surface area (Å²) in [4.78, 5) is 5.73. The minimum atomic E-state index is -3.84. The van der Waals surface area contributed by atoms with Crippen LogP contribution in [0.2, 0.25) is 0 Å². The number of benzene rings is 1. The van der Waals surface area contributed by atoms with E-state index in [2.05, 4.69) is 15.2 Å². The lowest BCUT2D eigenvalue weighted by Crippen LogP contribution is -2.48. The van der Waals surface area contributed by atoms with Crippen molar-refractivity contribution in [3.05, 3.63) is 60.7 Å². The summed E-state index contributed by atoms with van der Waals surface area (Å²) >= 11 is 0. The summed E-state index contributed by atoms with van der Waals surface area (Å²) < 4.78 is 40.6. The molecule has 1 N–H and O–H groups in total. The van der Waals surface area contributed by atoms with Gasteiger partial charge in [0.1, 0.15) is 10.7 Å². The molecular weight excluding hydrogens is 369 g/mol. The summed E-state index contributed by atoms with van der Waals surface area (Å²) in [5.74, 6) is 0.0268. The molecule has 0 saturated carbocycles. The Morgan fingerprint density at radius 1 is 1.00 bits per heavy atom. The lowest BCUT2D eigenvalue weighted by Gasteiger charge is -2.34. The predicted molar refractivity (Wildman–Crippen MR) is 99.2 cm³/mol. The van der Waals surface area contributed by atoms with E-state index in [0.29, 0.717) is 13.1 Å². The molecular formula is C18H18FN5O2S. The molecule has 3 aromatic rings. The maximum Gasteiger partial charge on any atom is 0.246 e. The normalized spacial score (nSPS) is 15.8. The van der Waals surface area contributed by atoms with Crippen molar-refractivity contribution in [1.29, 1.82) is 0 Å². The minimum absolute atomic E-state index is 0.272. The van der Waals surface area contributed by atoms with Crippen LogP contribution in [0.3, 0.4) is 0 Å². The number of pyridine rings is 1. The van der Waals surface area contributed by atoms with Crippen molar-refractivity contribution in [3.8, 4) is 11.3 Å². The molecule has 9 heteroatoms. The van der Waals surface area contributed by atoms with Gasteiger partial charge in [-0.05, 0) is 24.3 Å². The highest BCUT2D eigenvalue weighted by molar-refractivity contribution is 7.89. The molecule has 1 fully saturated rings. The Balaban J connectivity index is 1.47. The first-order chi connectivity index (χ1) is 13.1. The molecule has 0 amide bonds. The van der Waals surface area contributed by atoms with Gasteiger partial charge < -0.3 is 4.90 Å². The largest absolute Gasteiger partial charge is 0.352 e. The standard InChI is InChI=1S/C18H18FN5O2S/c19-15-3-1-2-4-17(15)27(25,26)24-11-9-23(10-12-24)18-13-16(21-22-18)14-5-7-20-8-6-14/h1-8,13H,9-12H2,(H,21,22). The van der Waals surface area contributed by atoms with E-state index in [9.17, 15) is 12.8 Å². The molecule has 4 rings (SSSR count). The number of aromatic nitrogens is 3. The SMILES string of the molecule is O=S(=O)(c1ccccc1F)N1CCN(c2cc(-c3ccncc3)[nH]n2)CC1. The van der Waals surface area contributed by atoms with E-state index in [0.717, 1.165) is 23.1 Å². The van der Waals surface area contributed by atoms with Crippen molar-refractivity contribution < 1.29 is 12.8 Å².